The number of carbonyl (C=O) groups is 1. The van der Waals surface area contributed by atoms with Crippen molar-refractivity contribution in [2.75, 3.05) is 5.32 Å². The molecule has 2 N–H and O–H groups in total. The van der Waals surface area contributed by atoms with E-state index in [1.165, 1.54) is 11.3 Å². The summed E-state index contributed by atoms with van der Waals surface area (Å²) in [5.41, 5.74) is -0.414. The summed E-state index contributed by atoms with van der Waals surface area (Å²) in [5.74, 6) is -4.34. The second kappa shape index (κ2) is 5.75. The van der Waals surface area contributed by atoms with Crippen molar-refractivity contribution < 1.29 is 18.0 Å². The number of urea groups is 1. The van der Waals surface area contributed by atoms with Crippen LogP contribution in [-0.4, -0.2) is 6.03 Å². The number of amides is 2. The Bertz CT molecular complexity index is 587. The van der Waals surface area contributed by atoms with Crippen LogP contribution in [0, 0.1) is 17.5 Å². The maximum Gasteiger partial charge on any atom is 0.319 e. The van der Waals surface area contributed by atoms with Crippen molar-refractivity contribution in [3.63, 3.8) is 0 Å². The zero-order valence-corrected chi connectivity index (χ0v) is 10.4. The molecule has 0 radical (unpaired) electrons. The molecule has 2 amide bonds. The molecule has 0 unspecified atom stereocenters. The van der Waals surface area contributed by atoms with Crippen LogP contribution in [0.4, 0.5) is 23.7 Å². The fourth-order valence-corrected chi connectivity index (χ4v) is 2.01. The molecule has 0 spiro atoms. The van der Waals surface area contributed by atoms with Crippen LogP contribution in [0.3, 0.4) is 0 Å². The van der Waals surface area contributed by atoms with E-state index >= 15 is 0 Å². The van der Waals surface area contributed by atoms with E-state index in [2.05, 4.69) is 10.6 Å². The Labute approximate surface area is 111 Å². The van der Waals surface area contributed by atoms with Gasteiger partial charge in [-0.2, -0.15) is 0 Å². The lowest BCUT2D eigenvalue weighted by molar-refractivity contribution is 0.251. The van der Waals surface area contributed by atoms with E-state index in [9.17, 15) is 18.0 Å². The van der Waals surface area contributed by atoms with Crippen LogP contribution in [0.25, 0.3) is 0 Å². The number of hydrogen-bond donors (Lipinski definition) is 2. The average molecular weight is 286 g/mol. The Morgan fingerprint density at radius 3 is 2.63 bits per heavy atom. The standard InChI is InChI=1S/C12H9F3N2OS/c13-8-3-4-9(11(15)10(8)14)17-12(18)16-6-7-2-1-5-19-7/h1-5H,6H2,(H2,16,17,18). The van der Waals surface area contributed by atoms with Gasteiger partial charge in [0.2, 0.25) is 0 Å². The molecule has 0 aliphatic heterocycles. The maximum absolute atomic E-state index is 13.3. The SMILES string of the molecule is O=C(NCc1cccs1)Nc1ccc(F)c(F)c1F. The van der Waals surface area contributed by atoms with Gasteiger partial charge in [-0.05, 0) is 23.6 Å². The van der Waals surface area contributed by atoms with Crippen molar-refractivity contribution in [1.29, 1.82) is 0 Å². The molecule has 3 nitrogen and oxygen atoms in total. The molecule has 1 heterocycles. The van der Waals surface area contributed by atoms with Crippen LogP contribution in [0.5, 0.6) is 0 Å². The predicted molar refractivity (Wildman–Crippen MR) is 66.5 cm³/mol. The molecule has 19 heavy (non-hydrogen) atoms. The molecule has 100 valence electrons. The van der Waals surface area contributed by atoms with Gasteiger partial charge in [0.1, 0.15) is 0 Å². The lowest BCUT2D eigenvalue weighted by Gasteiger charge is -2.08. The molecule has 0 fully saturated rings. The van der Waals surface area contributed by atoms with Crippen LogP contribution < -0.4 is 10.6 Å². The van der Waals surface area contributed by atoms with E-state index in [1.54, 1.807) is 0 Å². The molecule has 7 heteroatoms. The second-order valence-corrected chi connectivity index (χ2v) is 4.64. The summed E-state index contributed by atoms with van der Waals surface area (Å²) >= 11 is 1.45. The lowest BCUT2D eigenvalue weighted by atomic mass is 10.3. The van der Waals surface area contributed by atoms with Gasteiger partial charge in [-0.25, -0.2) is 18.0 Å². The summed E-state index contributed by atoms with van der Waals surface area (Å²) in [6.45, 7) is 0.273. The summed E-state index contributed by atoms with van der Waals surface area (Å²) in [6, 6.07) is 4.65. The zero-order valence-electron chi connectivity index (χ0n) is 9.54. The predicted octanol–water partition coefficient (Wildman–Crippen LogP) is 3.49. The summed E-state index contributed by atoms with van der Waals surface area (Å²) in [6.07, 6.45) is 0. The molecule has 1 aromatic heterocycles. The molecule has 0 aliphatic carbocycles. The van der Waals surface area contributed by atoms with Crippen molar-refractivity contribution in [3.8, 4) is 0 Å². The summed E-state index contributed by atoms with van der Waals surface area (Å²) in [7, 11) is 0. The quantitative estimate of drug-likeness (QED) is 0.833. The highest BCUT2D eigenvalue weighted by Crippen LogP contribution is 2.19. The number of rotatable bonds is 3. The molecule has 0 aliphatic rings. The van der Waals surface area contributed by atoms with Gasteiger partial charge in [-0.3, -0.25) is 0 Å². The smallest absolute Gasteiger partial charge is 0.319 e. The first kappa shape index (κ1) is 13.4. The van der Waals surface area contributed by atoms with Gasteiger partial charge in [0.25, 0.3) is 0 Å². The van der Waals surface area contributed by atoms with Crippen LogP contribution in [0.15, 0.2) is 29.6 Å². The Kier molecular flexibility index (Phi) is 4.06. The van der Waals surface area contributed by atoms with Gasteiger partial charge >= 0.3 is 6.03 Å². The first-order chi connectivity index (χ1) is 9.08. The maximum atomic E-state index is 13.3. The summed E-state index contributed by atoms with van der Waals surface area (Å²) in [4.78, 5) is 12.4. The number of anilines is 1. The third kappa shape index (κ3) is 3.25. The molecule has 0 bridgehead atoms. The minimum Gasteiger partial charge on any atom is -0.333 e. The molecule has 2 rings (SSSR count). The molecule has 1 aromatic carbocycles. The van der Waals surface area contributed by atoms with Gasteiger partial charge in [0.15, 0.2) is 17.5 Å². The van der Waals surface area contributed by atoms with Crippen molar-refractivity contribution in [2.45, 2.75) is 6.54 Å². The Hall–Kier alpha value is -2.02. The van der Waals surface area contributed by atoms with Gasteiger partial charge in [0.05, 0.1) is 12.2 Å². The van der Waals surface area contributed by atoms with E-state index in [-0.39, 0.29) is 6.54 Å². The number of carbonyl (C=O) groups excluding carboxylic acids is 1. The van der Waals surface area contributed by atoms with Gasteiger partial charge in [-0.15, -0.1) is 11.3 Å². The van der Waals surface area contributed by atoms with Crippen LogP contribution in [0.1, 0.15) is 4.88 Å². The molecular formula is C12H9F3N2OS. The normalized spacial score (nSPS) is 10.3. The number of nitrogens with one attached hydrogen (secondary N) is 2. The van der Waals surface area contributed by atoms with E-state index in [0.29, 0.717) is 0 Å². The topological polar surface area (TPSA) is 41.1 Å². The zero-order chi connectivity index (χ0) is 13.8. The molecule has 2 aromatic rings. The molecular weight excluding hydrogens is 277 g/mol. The fourth-order valence-electron chi connectivity index (χ4n) is 1.37. The number of benzene rings is 1. The van der Waals surface area contributed by atoms with Gasteiger partial charge < -0.3 is 10.6 Å². The Morgan fingerprint density at radius 2 is 1.95 bits per heavy atom. The Morgan fingerprint density at radius 1 is 1.16 bits per heavy atom. The van der Waals surface area contributed by atoms with Crippen molar-refractivity contribution in [1.82, 2.24) is 5.32 Å². The van der Waals surface area contributed by atoms with Gasteiger partial charge in [-0.1, -0.05) is 6.07 Å². The highest BCUT2D eigenvalue weighted by atomic mass is 32.1. The highest BCUT2D eigenvalue weighted by Gasteiger charge is 2.14. The highest BCUT2D eigenvalue weighted by molar-refractivity contribution is 7.09. The van der Waals surface area contributed by atoms with E-state index in [4.69, 9.17) is 0 Å². The first-order valence-corrected chi connectivity index (χ1v) is 6.16. The molecule has 0 atom stereocenters. The van der Waals surface area contributed by atoms with Crippen molar-refractivity contribution >= 4 is 23.1 Å². The average Bonchev–Trinajstić information content (AvgIpc) is 2.90. The third-order valence-corrected chi connectivity index (χ3v) is 3.16. The largest absolute Gasteiger partial charge is 0.333 e. The fraction of sp³-hybridized carbons (Fsp3) is 0.0833. The first-order valence-electron chi connectivity index (χ1n) is 5.28. The third-order valence-electron chi connectivity index (χ3n) is 2.29. The van der Waals surface area contributed by atoms with E-state index in [0.717, 1.165) is 17.0 Å². The lowest BCUT2D eigenvalue weighted by Crippen LogP contribution is -2.28. The Balaban J connectivity index is 1.97. The summed E-state index contributed by atoms with van der Waals surface area (Å²) < 4.78 is 38.9. The minimum absolute atomic E-state index is 0.273. The van der Waals surface area contributed by atoms with Crippen LogP contribution in [-0.2, 0) is 6.54 Å². The second-order valence-electron chi connectivity index (χ2n) is 3.61. The molecule has 0 saturated carbocycles. The monoisotopic (exact) mass is 286 g/mol. The number of thiophene rings is 1. The minimum atomic E-state index is -1.61. The van der Waals surface area contributed by atoms with Crippen molar-refractivity contribution in [3.05, 3.63) is 52.0 Å². The van der Waals surface area contributed by atoms with Crippen LogP contribution in [0.2, 0.25) is 0 Å². The van der Waals surface area contributed by atoms with Crippen LogP contribution >= 0.6 is 11.3 Å². The number of hydrogen-bond acceptors (Lipinski definition) is 2. The van der Waals surface area contributed by atoms with E-state index < -0.39 is 29.2 Å². The molecule has 0 saturated heterocycles. The summed E-state index contributed by atoms with van der Waals surface area (Å²) in [5, 5.41) is 6.44. The number of halogens is 3. The van der Waals surface area contributed by atoms with Crippen molar-refractivity contribution in [2.24, 2.45) is 0 Å². The van der Waals surface area contributed by atoms with E-state index in [1.807, 2.05) is 17.5 Å². The van der Waals surface area contributed by atoms with Gasteiger partial charge in [0, 0.05) is 4.88 Å².